The molecule has 1 aromatic rings. The molecule has 7 nitrogen and oxygen atoms in total. The predicted octanol–water partition coefficient (Wildman–Crippen LogP) is 0.586. The van der Waals surface area contributed by atoms with Crippen molar-refractivity contribution in [3.05, 3.63) is 33.9 Å². The van der Waals surface area contributed by atoms with Crippen LogP contribution in [0.5, 0.6) is 0 Å². The standard InChI is InChI=1S/C11H16N4O3/c1-12-5-6-14-9-4-3-8(11(16)13-2)7-10(9)15(17)18/h3-4,7,12,14H,5-6H2,1-2H3,(H,13,16). The number of anilines is 1. The maximum atomic E-state index is 11.4. The summed E-state index contributed by atoms with van der Waals surface area (Å²) in [6.07, 6.45) is 0. The second-order valence-electron chi connectivity index (χ2n) is 3.60. The third-order valence-electron chi connectivity index (χ3n) is 2.37. The van der Waals surface area contributed by atoms with E-state index < -0.39 is 4.92 Å². The summed E-state index contributed by atoms with van der Waals surface area (Å²) in [5.41, 5.74) is 0.568. The predicted molar refractivity (Wildman–Crippen MR) is 68.9 cm³/mol. The average Bonchev–Trinajstić information content (AvgIpc) is 2.38. The molecule has 1 amide bonds. The van der Waals surface area contributed by atoms with Crippen LogP contribution >= 0.6 is 0 Å². The van der Waals surface area contributed by atoms with Gasteiger partial charge in [0.25, 0.3) is 11.6 Å². The average molecular weight is 252 g/mol. The fraction of sp³-hybridized carbons (Fsp3) is 0.364. The Kier molecular flexibility index (Phi) is 5.06. The lowest BCUT2D eigenvalue weighted by molar-refractivity contribution is -0.384. The minimum Gasteiger partial charge on any atom is -0.378 e. The zero-order chi connectivity index (χ0) is 13.5. The molecule has 0 atom stereocenters. The number of nitrogens with zero attached hydrogens (tertiary/aromatic N) is 1. The van der Waals surface area contributed by atoms with Crippen molar-refractivity contribution in [3.8, 4) is 0 Å². The molecule has 0 heterocycles. The van der Waals surface area contributed by atoms with E-state index in [-0.39, 0.29) is 17.2 Å². The van der Waals surface area contributed by atoms with Crippen molar-refractivity contribution in [2.24, 2.45) is 0 Å². The number of carbonyl (C=O) groups excluding carboxylic acids is 1. The van der Waals surface area contributed by atoms with Gasteiger partial charge >= 0.3 is 0 Å². The van der Waals surface area contributed by atoms with Gasteiger partial charge in [0, 0.05) is 31.8 Å². The first-order chi connectivity index (χ1) is 8.60. The van der Waals surface area contributed by atoms with Crippen LogP contribution in [0.1, 0.15) is 10.4 Å². The van der Waals surface area contributed by atoms with Crippen molar-refractivity contribution >= 4 is 17.3 Å². The van der Waals surface area contributed by atoms with Crippen LogP contribution in [0.4, 0.5) is 11.4 Å². The molecular weight excluding hydrogens is 236 g/mol. The van der Waals surface area contributed by atoms with E-state index in [1.807, 2.05) is 0 Å². The number of amides is 1. The number of hydrogen-bond donors (Lipinski definition) is 3. The number of carbonyl (C=O) groups is 1. The Morgan fingerprint density at radius 1 is 1.33 bits per heavy atom. The molecule has 0 radical (unpaired) electrons. The Bertz CT molecular complexity index is 448. The highest BCUT2D eigenvalue weighted by Crippen LogP contribution is 2.25. The maximum Gasteiger partial charge on any atom is 0.293 e. The van der Waals surface area contributed by atoms with Gasteiger partial charge in [0.2, 0.25) is 0 Å². The van der Waals surface area contributed by atoms with Gasteiger partial charge in [-0.3, -0.25) is 14.9 Å². The summed E-state index contributed by atoms with van der Waals surface area (Å²) < 4.78 is 0. The molecule has 0 aliphatic rings. The second kappa shape index (κ2) is 6.55. The molecule has 0 spiro atoms. The van der Waals surface area contributed by atoms with Gasteiger partial charge < -0.3 is 16.0 Å². The third-order valence-corrected chi connectivity index (χ3v) is 2.37. The molecule has 98 valence electrons. The van der Waals surface area contributed by atoms with Crippen LogP contribution in [0.3, 0.4) is 0 Å². The number of hydrogen-bond acceptors (Lipinski definition) is 5. The molecule has 0 bridgehead atoms. The molecule has 1 rings (SSSR count). The fourth-order valence-electron chi connectivity index (χ4n) is 1.44. The van der Waals surface area contributed by atoms with Crippen molar-refractivity contribution in [1.29, 1.82) is 0 Å². The Hall–Kier alpha value is -2.15. The number of nitro benzene ring substituents is 1. The normalized spacial score (nSPS) is 9.89. The van der Waals surface area contributed by atoms with E-state index >= 15 is 0 Å². The lowest BCUT2D eigenvalue weighted by atomic mass is 10.1. The molecular formula is C11H16N4O3. The highest BCUT2D eigenvalue weighted by molar-refractivity contribution is 5.95. The minimum absolute atomic E-state index is 0.104. The highest BCUT2D eigenvalue weighted by atomic mass is 16.6. The van der Waals surface area contributed by atoms with Gasteiger partial charge in [0.1, 0.15) is 5.69 Å². The van der Waals surface area contributed by atoms with Crippen molar-refractivity contribution in [2.75, 3.05) is 32.5 Å². The van der Waals surface area contributed by atoms with Crippen LogP contribution in [0.15, 0.2) is 18.2 Å². The van der Waals surface area contributed by atoms with E-state index in [1.54, 1.807) is 19.2 Å². The molecule has 0 saturated carbocycles. The van der Waals surface area contributed by atoms with Gasteiger partial charge in [-0.1, -0.05) is 0 Å². The van der Waals surface area contributed by atoms with E-state index in [1.165, 1.54) is 13.1 Å². The van der Waals surface area contributed by atoms with Crippen LogP contribution in [0.25, 0.3) is 0 Å². The lowest BCUT2D eigenvalue weighted by Crippen LogP contribution is -2.19. The van der Waals surface area contributed by atoms with Crippen LogP contribution in [-0.4, -0.2) is 38.0 Å². The van der Waals surface area contributed by atoms with E-state index in [4.69, 9.17) is 0 Å². The Labute approximate surface area is 105 Å². The van der Waals surface area contributed by atoms with Gasteiger partial charge in [0.05, 0.1) is 4.92 Å². The molecule has 0 aliphatic heterocycles. The molecule has 0 aromatic heterocycles. The van der Waals surface area contributed by atoms with Crippen LogP contribution in [-0.2, 0) is 0 Å². The molecule has 0 fully saturated rings. The van der Waals surface area contributed by atoms with E-state index in [0.29, 0.717) is 18.8 Å². The van der Waals surface area contributed by atoms with Gasteiger partial charge in [-0.15, -0.1) is 0 Å². The molecule has 0 aliphatic carbocycles. The van der Waals surface area contributed by atoms with Crippen molar-refractivity contribution in [2.45, 2.75) is 0 Å². The molecule has 18 heavy (non-hydrogen) atoms. The quantitative estimate of drug-likeness (QED) is 0.391. The maximum absolute atomic E-state index is 11.4. The van der Waals surface area contributed by atoms with Crippen molar-refractivity contribution in [3.63, 3.8) is 0 Å². The largest absolute Gasteiger partial charge is 0.378 e. The first-order valence-corrected chi connectivity index (χ1v) is 5.49. The summed E-state index contributed by atoms with van der Waals surface area (Å²) in [5.74, 6) is -0.347. The number of rotatable bonds is 6. The zero-order valence-electron chi connectivity index (χ0n) is 10.3. The number of nitro groups is 1. The van der Waals surface area contributed by atoms with Crippen LogP contribution < -0.4 is 16.0 Å². The zero-order valence-corrected chi connectivity index (χ0v) is 10.3. The Morgan fingerprint density at radius 2 is 2.06 bits per heavy atom. The fourth-order valence-corrected chi connectivity index (χ4v) is 1.44. The minimum atomic E-state index is -0.506. The first kappa shape index (κ1) is 13.9. The lowest BCUT2D eigenvalue weighted by Gasteiger charge is -2.08. The van der Waals surface area contributed by atoms with Gasteiger partial charge in [-0.05, 0) is 19.2 Å². The van der Waals surface area contributed by atoms with Gasteiger partial charge in [-0.2, -0.15) is 0 Å². The van der Waals surface area contributed by atoms with Crippen LogP contribution in [0.2, 0.25) is 0 Å². The Morgan fingerprint density at radius 3 is 2.61 bits per heavy atom. The summed E-state index contributed by atoms with van der Waals surface area (Å²) in [7, 11) is 3.28. The summed E-state index contributed by atoms with van der Waals surface area (Å²) >= 11 is 0. The molecule has 0 unspecified atom stereocenters. The number of benzene rings is 1. The third kappa shape index (κ3) is 3.42. The SMILES string of the molecule is CNCCNc1ccc(C(=O)NC)cc1[N+](=O)[O-]. The van der Waals surface area contributed by atoms with E-state index in [2.05, 4.69) is 16.0 Å². The second-order valence-corrected chi connectivity index (χ2v) is 3.60. The van der Waals surface area contributed by atoms with Crippen molar-refractivity contribution in [1.82, 2.24) is 10.6 Å². The Balaban J connectivity index is 2.97. The smallest absolute Gasteiger partial charge is 0.293 e. The highest BCUT2D eigenvalue weighted by Gasteiger charge is 2.16. The van der Waals surface area contributed by atoms with Gasteiger partial charge in [-0.25, -0.2) is 0 Å². The number of likely N-dealkylation sites (N-methyl/N-ethyl adjacent to an activating group) is 1. The topological polar surface area (TPSA) is 96.3 Å². The van der Waals surface area contributed by atoms with Gasteiger partial charge in [0.15, 0.2) is 0 Å². The van der Waals surface area contributed by atoms with Crippen molar-refractivity contribution < 1.29 is 9.72 Å². The molecule has 7 heteroatoms. The summed E-state index contributed by atoms with van der Waals surface area (Å²) in [6.45, 7) is 1.25. The summed E-state index contributed by atoms with van der Waals surface area (Å²) in [6, 6.07) is 4.35. The molecule has 1 aromatic carbocycles. The monoisotopic (exact) mass is 252 g/mol. The summed E-state index contributed by atoms with van der Waals surface area (Å²) in [4.78, 5) is 21.8. The number of nitrogens with one attached hydrogen (secondary N) is 3. The molecule has 0 saturated heterocycles. The van der Waals surface area contributed by atoms with Crippen LogP contribution in [0, 0.1) is 10.1 Å². The van der Waals surface area contributed by atoms with E-state index in [0.717, 1.165) is 0 Å². The summed E-state index contributed by atoms with van der Waals surface area (Å²) in [5, 5.41) is 19.2. The van der Waals surface area contributed by atoms with E-state index in [9.17, 15) is 14.9 Å². The molecule has 3 N–H and O–H groups in total. The first-order valence-electron chi connectivity index (χ1n) is 5.49.